The molecule has 2 N–H and O–H groups in total. The lowest BCUT2D eigenvalue weighted by Gasteiger charge is -2.04. The molecule has 0 unspecified atom stereocenters. The number of anilines is 1. The van der Waals surface area contributed by atoms with Crippen molar-refractivity contribution in [2.45, 2.75) is 12.8 Å². The molecule has 0 atom stereocenters. The number of aromatic nitrogens is 1. The number of pyridine rings is 1. The lowest BCUT2D eigenvalue weighted by Crippen LogP contribution is -2.06. The van der Waals surface area contributed by atoms with E-state index in [0.29, 0.717) is 0 Å². The van der Waals surface area contributed by atoms with Crippen LogP contribution >= 0.6 is 0 Å². The maximum Gasteiger partial charge on any atom is 0.364 e. The van der Waals surface area contributed by atoms with Crippen LogP contribution < -0.4 is 5.73 Å². The highest BCUT2D eigenvalue weighted by molar-refractivity contribution is 5.55. The van der Waals surface area contributed by atoms with Crippen molar-refractivity contribution in [3.05, 3.63) is 27.4 Å². The highest BCUT2D eigenvalue weighted by atomic mass is 19.3. The average molecular weight is 228 g/mol. The van der Waals surface area contributed by atoms with Gasteiger partial charge in [0.2, 0.25) is 5.69 Å². The molecule has 0 spiro atoms. The second-order valence-corrected chi connectivity index (χ2v) is 2.83. The molecule has 0 saturated heterocycles. The fraction of sp³-hybridized carbons (Fsp3) is 0.250. The third kappa shape index (κ3) is 2.20. The molecule has 0 aliphatic heterocycles. The molecule has 1 heterocycles. The maximum absolute atomic E-state index is 12.4. The maximum atomic E-state index is 12.4. The number of hydrogen-bond acceptors (Lipinski definition) is 5. The third-order valence-electron chi connectivity index (χ3n) is 1.82. The van der Waals surface area contributed by atoms with Gasteiger partial charge in [0.25, 0.3) is 0 Å². The predicted molar refractivity (Wildman–Crippen MR) is 49.6 cm³/mol. The first-order valence-electron chi connectivity index (χ1n) is 4.06. The zero-order valence-corrected chi connectivity index (χ0v) is 7.85. The molecule has 0 aromatic carbocycles. The third-order valence-corrected chi connectivity index (χ3v) is 1.82. The monoisotopic (exact) mass is 228 g/mol. The first-order chi connectivity index (χ1) is 7.47. The number of rotatable bonds is 3. The van der Waals surface area contributed by atoms with Crippen molar-refractivity contribution in [3.63, 3.8) is 0 Å². The van der Waals surface area contributed by atoms with Gasteiger partial charge in [-0.15, -0.1) is 0 Å². The summed E-state index contributed by atoms with van der Waals surface area (Å²) in [6, 6.07) is 2.60. The van der Waals surface area contributed by atoms with Crippen molar-refractivity contribution >= 4 is 11.5 Å². The van der Waals surface area contributed by atoms with Gasteiger partial charge < -0.3 is 15.8 Å². The summed E-state index contributed by atoms with van der Waals surface area (Å²) in [7, 11) is 0. The van der Waals surface area contributed by atoms with Gasteiger partial charge in [-0.05, 0) is 9.91 Å². The molecule has 0 fully saturated rings. The van der Waals surface area contributed by atoms with E-state index in [1.807, 2.05) is 0 Å². The van der Waals surface area contributed by atoms with Crippen LogP contribution in [0.3, 0.4) is 0 Å². The number of nitriles is 1. The number of alkyl halides is 2. The molecule has 0 aliphatic rings. The Bertz CT molecular complexity index is 470. The van der Waals surface area contributed by atoms with E-state index < -0.39 is 22.9 Å². The van der Waals surface area contributed by atoms with E-state index >= 15 is 0 Å². The van der Waals surface area contributed by atoms with Crippen LogP contribution in [-0.4, -0.2) is 9.91 Å². The SMILES string of the molecule is N#CCc1cc([N+](=O)[O-])nc(C(F)F)c1N. The Kier molecular flexibility index (Phi) is 3.30. The molecular formula is C8H6F2N4O2. The summed E-state index contributed by atoms with van der Waals surface area (Å²) in [6.07, 6.45) is -3.30. The lowest BCUT2D eigenvalue weighted by atomic mass is 10.1. The van der Waals surface area contributed by atoms with Gasteiger partial charge in [0.05, 0.1) is 18.2 Å². The number of nitrogens with zero attached hydrogens (tertiary/aromatic N) is 3. The first-order valence-corrected chi connectivity index (χ1v) is 4.06. The fourth-order valence-electron chi connectivity index (χ4n) is 1.11. The zero-order chi connectivity index (χ0) is 12.3. The van der Waals surface area contributed by atoms with Crippen LogP contribution in [0.25, 0.3) is 0 Å². The second kappa shape index (κ2) is 4.48. The molecule has 0 radical (unpaired) electrons. The smallest absolute Gasteiger partial charge is 0.364 e. The minimum absolute atomic E-state index is 0.0144. The van der Waals surface area contributed by atoms with Crippen molar-refractivity contribution in [1.82, 2.24) is 4.98 Å². The molecule has 16 heavy (non-hydrogen) atoms. The van der Waals surface area contributed by atoms with E-state index in [1.165, 1.54) is 0 Å². The van der Waals surface area contributed by atoms with Crippen LogP contribution in [0, 0.1) is 21.4 Å². The molecule has 0 bridgehead atoms. The highest BCUT2D eigenvalue weighted by Crippen LogP contribution is 2.29. The van der Waals surface area contributed by atoms with Crippen molar-refractivity contribution in [3.8, 4) is 6.07 Å². The summed E-state index contributed by atoms with van der Waals surface area (Å²) in [4.78, 5) is 12.6. The van der Waals surface area contributed by atoms with E-state index in [0.717, 1.165) is 6.07 Å². The Morgan fingerprint density at radius 2 is 2.31 bits per heavy atom. The molecule has 6 nitrogen and oxygen atoms in total. The quantitative estimate of drug-likeness (QED) is 0.624. The minimum atomic E-state index is -3.02. The molecule has 1 rings (SSSR count). The van der Waals surface area contributed by atoms with Gasteiger partial charge in [0.1, 0.15) is 0 Å². The molecular weight excluding hydrogens is 222 g/mol. The molecule has 0 saturated carbocycles. The predicted octanol–water partition coefficient (Wildman–Crippen LogP) is 1.58. The molecule has 1 aromatic rings. The van der Waals surface area contributed by atoms with Crippen molar-refractivity contribution in [1.29, 1.82) is 5.26 Å². The van der Waals surface area contributed by atoms with E-state index in [1.54, 1.807) is 6.07 Å². The number of nitrogens with two attached hydrogens (primary N) is 1. The molecule has 1 aromatic heterocycles. The molecule has 0 aliphatic carbocycles. The van der Waals surface area contributed by atoms with Crippen LogP contribution in [0.4, 0.5) is 20.3 Å². The Morgan fingerprint density at radius 3 is 2.75 bits per heavy atom. The van der Waals surface area contributed by atoms with E-state index in [2.05, 4.69) is 4.98 Å². The lowest BCUT2D eigenvalue weighted by molar-refractivity contribution is -0.389. The fourth-order valence-corrected chi connectivity index (χ4v) is 1.11. The number of hydrogen-bond donors (Lipinski definition) is 1. The van der Waals surface area contributed by atoms with Crippen molar-refractivity contribution in [2.75, 3.05) is 5.73 Å². The largest absolute Gasteiger partial charge is 0.395 e. The number of nitrogen functional groups attached to an aromatic ring is 1. The van der Waals surface area contributed by atoms with Gasteiger partial charge in [-0.2, -0.15) is 5.26 Å². The Morgan fingerprint density at radius 1 is 1.69 bits per heavy atom. The van der Waals surface area contributed by atoms with Gasteiger partial charge in [-0.1, -0.05) is 0 Å². The van der Waals surface area contributed by atoms with Crippen molar-refractivity contribution in [2.24, 2.45) is 0 Å². The summed E-state index contributed by atoms with van der Waals surface area (Å²) in [5.74, 6) is -0.741. The van der Waals surface area contributed by atoms with Crippen LogP contribution in [-0.2, 0) is 6.42 Å². The first kappa shape index (κ1) is 11.8. The Hall–Kier alpha value is -2.30. The van der Waals surface area contributed by atoms with Crippen LogP contribution in [0.2, 0.25) is 0 Å². The van der Waals surface area contributed by atoms with E-state index in [4.69, 9.17) is 11.0 Å². The van der Waals surface area contributed by atoms with Gasteiger partial charge in [-0.25, -0.2) is 8.78 Å². The molecule has 0 amide bonds. The van der Waals surface area contributed by atoms with Crippen molar-refractivity contribution < 1.29 is 13.7 Å². The summed E-state index contributed by atoms with van der Waals surface area (Å²) < 4.78 is 24.9. The summed E-state index contributed by atoms with van der Waals surface area (Å²) in [6.45, 7) is 0. The number of nitro groups is 1. The van der Waals surface area contributed by atoms with E-state index in [9.17, 15) is 18.9 Å². The summed E-state index contributed by atoms with van der Waals surface area (Å²) in [5, 5.41) is 18.8. The topological polar surface area (TPSA) is 106 Å². The molecule has 84 valence electrons. The van der Waals surface area contributed by atoms with Crippen LogP contribution in [0.15, 0.2) is 6.07 Å². The Labute approximate surface area is 88.5 Å². The van der Waals surface area contributed by atoms with E-state index in [-0.39, 0.29) is 17.7 Å². The second-order valence-electron chi connectivity index (χ2n) is 2.83. The zero-order valence-electron chi connectivity index (χ0n) is 7.85. The minimum Gasteiger partial charge on any atom is -0.395 e. The average Bonchev–Trinajstić information content (AvgIpc) is 2.20. The molecule has 8 heteroatoms. The Balaban J connectivity index is 3.40. The van der Waals surface area contributed by atoms with Gasteiger partial charge >= 0.3 is 12.2 Å². The van der Waals surface area contributed by atoms with Gasteiger partial charge in [0, 0.05) is 11.6 Å². The summed E-state index contributed by atoms with van der Waals surface area (Å²) in [5.41, 5.74) is 4.07. The highest BCUT2D eigenvalue weighted by Gasteiger charge is 2.25. The number of halogens is 2. The van der Waals surface area contributed by atoms with Gasteiger partial charge in [-0.3, -0.25) is 0 Å². The summed E-state index contributed by atoms with van der Waals surface area (Å²) >= 11 is 0. The standard InChI is InChI=1S/C8H6F2N4O2/c9-8(10)7-6(12)4(1-2-11)3-5(13-7)14(15)16/h3,8H,1,12H2. The van der Waals surface area contributed by atoms with Gasteiger partial charge in [0.15, 0.2) is 0 Å². The van der Waals surface area contributed by atoms with Crippen LogP contribution in [0.5, 0.6) is 0 Å². The normalized spacial score (nSPS) is 10.1. The van der Waals surface area contributed by atoms with Crippen LogP contribution in [0.1, 0.15) is 17.7 Å².